The first kappa shape index (κ1) is 38.4. The van der Waals surface area contributed by atoms with Crippen LogP contribution in [0.15, 0.2) is 43.0 Å². The lowest BCUT2D eigenvalue weighted by Gasteiger charge is -2.37. The number of ketones is 2. The van der Waals surface area contributed by atoms with Gasteiger partial charge in [0.2, 0.25) is 17.6 Å². The van der Waals surface area contributed by atoms with Crippen molar-refractivity contribution in [2.45, 2.75) is 111 Å². The van der Waals surface area contributed by atoms with Gasteiger partial charge in [-0.3, -0.25) is 24.0 Å². The van der Waals surface area contributed by atoms with Crippen molar-refractivity contribution in [3.63, 3.8) is 0 Å². The number of fused-ring (bicyclic) bond motifs is 1. The number of carbonyl (C=O) groups excluding carboxylic acids is 6. The monoisotopic (exact) mass is 667 g/mol. The maximum absolute atomic E-state index is 14.4. The highest BCUT2D eigenvalue weighted by Crippen LogP contribution is 2.43. The molecule has 0 bridgehead atoms. The fourth-order valence-electron chi connectivity index (χ4n) is 6.50. The van der Waals surface area contributed by atoms with Crippen LogP contribution >= 0.6 is 0 Å². The third-order valence-corrected chi connectivity index (χ3v) is 8.87. The molecule has 0 radical (unpaired) electrons. The molecule has 2 aliphatic rings. The molecule has 5 amide bonds. The van der Waals surface area contributed by atoms with E-state index < -0.39 is 70.8 Å². The summed E-state index contributed by atoms with van der Waals surface area (Å²) in [4.78, 5) is 82.2. The van der Waals surface area contributed by atoms with Crippen LogP contribution in [-0.4, -0.2) is 89.2 Å². The van der Waals surface area contributed by atoms with Gasteiger partial charge in [-0.1, -0.05) is 84.4 Å². The number of nitrogens with one attached hydrogen (secondary N) is 4. The van der Waals surface area contributed by atoms with Crippen molar-refractivity contribution in [1.29, 1.82) is 0 Å². The number of benzene rings is 1. The highest BCUT2D eigenvalue weighted by atomic mass is 16.5. The van der Waals surface area contributed by atoms with Crippen LogP contribution in [0.2, 0.25) is 0 Å². The molecule has 12 nitrogen and oxygen atoms in total. The molecule has 6 atom stereocenters. The van der Waals surface area contributed by atoms with E-state index in [0.717, 1.165) is 0 Å². The number of hydrogen-bond acceptors (Lipinski definition) is 7. The number of Topliss-reactive ketones (excluding diaryl/α,β-unsaturated/α-hetero) is 2. The molecule has 12 heteroatoms. The highest BCUT2D eigenvalue weighted by molar-refractivity contribution is 6.38. The number of nitrogens with zero attached hydrogens (tertiary/aromatic N) is 1. The van der Waals surface area contributed by atoms with Crippen molar-refractivity contribution in [3.8, 4) is 0 Å². The van der Waals surface area contributed by atoms with Gasteiger partial charge < -0.3 is 30.9 Å². The minimum Gasteiger partial charge on any atom is -0.370 e. The molecule has 0 spiro atoms. The van der Waals surface area contributed by atoms with E-state index in [1.165, 1.54) is 11.0 Å². The summed E-state index contributed by atoms with van der Waals surface area (Å²) in [5.41, 5.74) is -0.878. The second-order valence-electron chi connectivity index (χ2n) is 14.8. The largest absolute Gasteiger partial charge is 0.370 e. The number of ether oxygens (including phenoxy) is 1. The van der Waals surface area contributed by atoms with Crippen LogP contribution in [0.4, 0.5) is 4.79 Å². The van der Waals surface area contributed by atoms with Crippen LogP contribution in [0, 0.1) is 17.3 Å². The van der Waals surface area contributed by atoms with E-state index in [9.17, 15) is 28.8 Å². The Morgan fingerprint density at radius 2 is 1.69 bits per heavy atom. The molecule has 0 aliphatic carbocycles. The van der Waals surface area contributed by atoms with E-state index in [0.29, 0.717) is 18.4 Å². The van der Waals surface area contributed by atoms with E-state index in [4.69, 9.17) is 4.74 Å². The van der Waals surface area contributed by atoms with E-state index in [1.54, 1.807) is 51.1 Å². The van der Waals surface area contributed by atoms with Gasteiger partial charge in [-0.25, -0.2) is 4.79 Å². The van der Waals surface area contributed by atoms with Gasteiger partial charge in [-0.05, 0) is 38.0 Å². The molecular formula is C36H53N5O7. The summed E-state index contributed by atoms with van der Waals surface area (Å²) < 4.78 is 6.26. The van der Waals surface area contributed by atoms with Crippen LogP contribution in [0.25, 0.3) is 0 Å². The number of rotatable bonds is 14. The molecule has 1 unspecified atom stereocenters. The summed E-state index contributed by atoms with van der Waals surface area (Å²) in [6.07, 6.45) is 2.24. The normalized spacial score (nSPS) is 21.8. The first-order valence-corrected chi connectivity index (χ1v) is 16.8. The molecule has 2 saturated heterocycles. The van der Waals surface area contributed by atoms with Crippen molar-refractivity contribution in [2.24, 2.45) is 17.3 Å². The molecule has 1 aromatic rings. The molecule has 264 valence electrons. The Morgan fingerprint density at radius 1 is 1.04 bits per heavy atom. The van der Waals surface area contributed by atoms with Gasteiger partial charge in [0.05, 0.1) is 23.8 Å². The van der Waals surface area contributed by atoms with Gasteiger partial charge in [-0.2, -0.15) is 0 Å². The quantitative estimate of drug-likeness (QED) is 0.135. The molecule has 0 aromatic heterocycles. The second-order valence-corrected chi connectivity index (χ2v) is 14.8. The maximum Gasteiger partial charge on any atom is 0.316 e. The lowest BCUT2D eigenvalue weighted by Crippen LogP contribution is -2.62. The lowest BCUT2D eigenvalue weighted by molar-refractivity contribution is -0.145. The number of urea groups is 1. The van der Waals surface area contributed by atoms with E-state index in [2.05, 4.69) is 27.8 Å². The highest BCUT2D eigenvalue weighted by Gasteiger charge is 2.56. The Kier molecular flexibility index (Phi) is 12.7. The summed E-state index contributed by atoms with van der Waals surface area (Å²) in [6.45, 7) is 18.5. The summed E-state index contributed by atoms with van der Waals surface area (Å²) in [5, 5.41) is 10.8. The van der Waals surface area contributed by atoms with Crippen LogP contribution in [0.5, 0.6) is 0 Å². The lowest BCUT2D eigenvalue weighted by atomic mass is 9.85. The molecule has 2 fully saturated rings. The predicted octanol–water partition coefficient (Wildman–Crippen LogP) is 3.16. The predicted molar refractivity (Wildman–Crippen MR) is 182 cm³/mol. The molecule has 4 N–H and O–H groups in total. The van der Waals surface area contributed by atoms with Crippen molar-refractivity contribution in [3.05, 3.63) is 48.6 Å². The maximum atomic E-state index is 14.4. The first-order chi connectivity index (χ1) is 22.4. The standard InChI is InChI=1S/C36H53N5O7/c1-10-15-24(29(43)32(45)37-18-11-2)38-31(44)27-23-19-36(8,9)48-25(23)20-41(27)33(46)30(35(5,6)7)40-34(47)39-26(21(3)4)28(42)22-16-13-12-14-17-22/h11-14,16-17,21,23-27,30H,2,10,15,18-20H2,1,3-9H3,(H,37,45)(H,38,44)(H2,39,40,47)/t23-,24?,25-,26-,27-,30+/m0/s1. The smallest absolute Gasteiger partial charge is 0.316 e. The van der Waals surface area contributed by atoms with Crippen LogP contribution in [-0.2, 0) is 23.9 Å². The third-order valence-electron chi connectivity index (χ3n) is 8.87. The molecule has 0 saturated carbocycles. The average molecular weight is 668 g/mol. The average Bonchev–Trinajstić information content (AvgIpc) is 3.51. The minimum atomic E-state index is -1.09. The molecular weight excluding hydrogens is 614 g/mol. The number of hydrogen-bond donors (Lipinski definition) is 4. The second kappa shape index (κ2) is 15.9. The van der Waals surface area contributed by atoms with E-state index >= 15 is 0 Å². The Bertz CT molecular complexity index is 1370. The molecule has 3 rings (SSSR count). The van der Waals surface area contributed by atoms with Crippen molar-refractivity contribution in [2.75, 3.05) is 13.1 Å². The topological polar surface area (TPSA) is 163 Å². The Labute approximate surface area is 284 Å². The van der Waals surface area contributed by atoms with Crippen molar-refractivity contribution >= 4 is 35.3 Å². The van der Waals surface area contributed by atoms with Gasteiger partial charge in [-0.15, -0.1) is 6.58 Å². The number of carbonyl (C=O) groups is 6. The van der Waals surface area contributed by atoms with Gasteiger partial charge >= 0.3 is 6.03 Å². The summed E-state index contributed by atoms with van der Waals surface area (Å²) >= 11 is 0. The van der Waals surface area contributed by atoms with Crippen LogP contribution in [0.1, 0.15) is 85.0 Å². The molecule has 48 heavy (non-hydrogen) atoms. The summed E-state index contributed by atoms with van der Waals surface area (Å²) in [7, 11) is 0. The van der Waals surface area contributed by atoms with E-state index in [1.807, 2.05) is 34.6 Å². The zero-order chi connectivity index (χ0) is 36.0. The van der Waals surface area contributed by atoms with Gasteiger partial charge in [0.1, 0.15) is 12.1 Å². The van der Waals surface area contributed by atoms with Crippen molar-refractivity contribution in [1.82, 2.24) is 26.2 Å². The van der Waals surface area contributed by atoms with Gasteiger partial charge in [0.15, 0.2) is 5.78 Å². The van der Waals surface area contributed by atoms with Crippen LogP contribution < -0.4 is 21.3 Å². The minimum absolute atomic E-state index is 0.103. The van der Waals surface area contributed by atoms with Gasteiger partial charge in [0, 0.05) is 24.6 Å². The Hall–Kier alpha value is -4.06. The molecule has 2 aliphatic heterocycles. The van der Waals surface area contributed by atoms with E-state index in [-0.39, 0.29) is 37.1 Å². The zero-order valence-electron chi connectivity index (χ0n) is 29.6. The number of likely N-dealkylation sites (tertiary alicyclic amines) is 1. The Balaban J connectivity index is 1.88. The SMILES string of the molecule is C=CCNC(=O)C(=O)C(CCC)NC(=O)[C@@H]1[C@H]2CC(C)(C)O[C@H]2CN1C(=O)[C@@H](NC(=O)N[C@H](C(=O)c1ccccc1)C(C)C)C(C)(C)C. The zero-order valence-corrected chi connectivity index (χ0v) is 29.6. The third kappa shape index (κ3) is 9.30. The fourth-order valence-corrected chi connectivity index (χ4v) is 6.50. The molecule has 1 aromatic carbocycles. The van der Waals surface area contributed by atoms with Gasteiger partial charge in [0.25, 0.3) is 5.91 Å². The molecule has 2 heterocycles. The van der Waals surface area contributed by atoms with Crippen molar-refractivity contribution < 1.29 is 33.5 Å². The fraction of sp³-hybridized carbons (Fsp3) is 0.611. The van der Waals surface area contributed by atoms with Crippen LogP contribution in [0.3, 0.4) is 0 Å². The first-order valence-electron chi connectivity index (χ1n) is 16.8. The number of amides is 5. The summed E-state index contributed by atoms with van der Waals surface area (Å²) in [6, 6.07) is 3.95. The Morgan fingerprint density at radius 3 is 2.25 bits per heavy atom. The summed E-state index contributed by atoms with van der Waals surface area (Å²) in [5.74, 6) is -3.53.